The summed E-state index contributed by atoms with van der Waals surface area (Å²) >= 11 is 7.88. The minimum atomic E-state index is 0.473. The lowest BCUT2D eigenvalue weighted by molar-refractivity contribution is 1.39. The van der Waals surface area contributed by atoms with E-state index >= 15 is 0 Å². The topological polar surface area (TPSA) is 36.1 Å². The first kappa shape index (κ1) is 11.3. The van der Waals surface area contributed by atoms with Crippen LogP contribution >= 0.6 is 23.4 Å². The summed E-state index contributed by atoms with van der Waals surface area (Å²) in [6.45, 7) is 0. The smallest absolute Gasteiger partial charge is 0.137 e. The molecule has 16 heavy (non-hydrogen) atoms. The Morgan fingerprint density at radius 3 is 2.94 bits per heavy atom. The minimum absolute atomic E-state index is 0.473. The van der Waals surface area contributed by atoms with E-state index in [9.17, 15) is 0 Å². The van der Waals surface area contributed by atoms with E-state index in [0.717, 1.165) is 21.2 Å². The molecule has 0 unspecified atom stereocenters. The van der Waals surface area contributed by atoms with E-state index in [2.05, 4.69) is 4.99 Å². The highest BCUT2D eigenvalue weighted by atomic mass is 35.5. The Morgan fingerprint density at radius 1 is 1.50 bits per heavy atom. The van der Waals surface area contributed by atoms with Crippen LogP contribution in [-0.4, -0.2) is 12.0 Å². The van der Waals surface area contributed by atoms with Crippen molar-refractivity contribution in [3.63, 3.8) is 0 Å². The van der Waals surface area contributed by atoms with Gasteiger partial charge in [-0.1, -0.05) is 23.7 Å². The fourth-order valence-corrected chi connectivity index (χ4v) is 2.53. The second-order valence-electron chi connectivity index (χ2n) is 3.29. The summed E-state index contributed by atoms with van der Waals surface area (Å²) in [6, 6.07) is 7.91. The van der Waals surface area contributed by atoms with E-state index < -0.39 is 0 Å². The Labute approximate surface area is 104 Å². The first-order valence-electron chi connectivity index (χ1n) is 4.77. The van der Waals surface area contributed by atoms with Crippen LogP contribution in [0.1, 0.15) is 12.0 Å². The maximum absolute atomic E-state index is 8.74. The van der Waals surface area contributed by atoms with Crippen LogP contribution in [-0.2, 0) is 0 Å². The van der Waals surface area contributed by atoms with E-state index in [1.54, 1.807) is 11.8 Å². The molecule has 0 aliphatic carbocycles. The predicted molar refractivity (Wildman–Crippen MR) is 68.1 cm³/mol. The van der Waals surface area contributed by atoms with Crippen LogP contribution in [0.5, 0.6) is 0 Å². The highest BCUT2D eigenvalue weighted by Crippen LogP contribution is 2.30. The van der Waals surface area contributed by atoms with Crippen molar-refractivity contribution in [3.8, 4) is 6.07 Å². The third-order valence-electron chi connectivity index (χ3n) is 2.35. The van der Waals surface area contributed by atoms with Crippen LogP contribution in [0.4, 0.5) is 0 Å². The third-order valence-corrected chi connectivity index (χ3v) is 3.65. The number of allylic oxidation sites excluding steroid dienone is 2. The molecule has 80 valence electrons. The second-order valence-corrected chi connectivity index (χ2v) is 4.51. The van der Waals surface area contributed by atoms with Crippen LogP contribution in [0.2, 0.25) is 5.02 Å². The molecule has 1 aromatic rings. The highest BCUT2D eigenvalue weighted by molar-refractivity contribution is 7.98. The number of hydrogen-bond acceptors (Lipinski definition) is 3. The minimum Gasteiger partial charge on any atom is -0.241 e. The molecule has 0 bridgehead atoms. The van der Waals surface area contributed by atoms with E-state index in [1.165, 1.54) is 0 Å². The fourth-order valence-electron chi connectivity index (χ4n) is 1.56. The monoisotopic (exact) mass is 248 g/mol. The van der Waals surface area contributed by atoms with Gasteiger partial charge in [0.2, 0.25) is 0 Å². The van der Waals surface area contributed by atoms with Crippen molar-refractivity contribution in [2.24, 2.45) is 4.99 Å². The van der Waals surface area contributed by atoms with Crippen molar-refractivity contribution < 1.29 is 0 Å². The maximum Gasteiger partial charge on any atom is 0.137 e. The van der Waals surface area contributed by atoms with E-state index in [-0.39, 0.29) is 0 Å². The van der Waals surface area contributed by atoms with Gasteiger partial charge in [0.05, 0.1) is 10.7 Å². The largest absolute Gasteiger partial charge is 0.241 e. The zero-order chi connectivity index (χ0) is 11.5. The summed E-state index contributed by atoms with van der Waals surface area (Å²) < 4.78 is 0. The maximum atomic E-state index is 8.74. The SMILES string of the molecule is CSc1cccc(C2=NC(C#N)=CC2)c1Cl. The average Bonchev–Trinajstić information content (AvgIpc) is 2.78. The van der Waals surface area contributed by atoms with Gasteiger partial charge in [-0.15, -0.1) is 11.8 Å². The molecule has 1 aliphatic rings. The zero-order valence-electron chi connectivity index (χ0n) is 8.70. The van der Waals surface area contributed by atoms with Gasteiger partial charge >= 0.3 is 0 Å². The van der Waals surface area contributed by atoms with Crippen molar-refractivity contribution in [3.05, 3.63) is 40.6 Å². The number of hydrogen-bond donors (Lipinski definition) is 0. The summed E-state index contributed by atoms with van der Waals surface area (Å²) in [7, 11) is 0. The molecule has 1 aliphatic heterocycles. The molecule has 0 amide bonds. The van der Waals surface area contributed by atoms with Crippen molar-refractivity contribution in [1.82, 2.24) is 0 Å². The molecule has 0 spiro atoms. The summed E-state index contributed by atoms with van der Waals surface area (Å²) in [6.07, 6.45) is 4.48. The van der Waals surface area contributed by atoms with Crippen LogP contribution in [0.3, 0.4) is 0 Å². The van der Waals surface area contributed by atoms with Gasteiger partial charge in [0, 0.05) is 16.9 Å². The molecule has 0 N–H and O–H groups in total. The summed E-state index contributed by atoms with van der Waals surface area (Å²) in [5, 5.41) is 9.46. The molecule has 0 atom stereocenters. The van der Waals surface area contributed by atoms with Gasteiger partial charge in [-0.3, -0.25) is 0 Å². The first-order chi connectivity index (χ1) is 7.76. The van der Waals surface area contributed by atoms with Gasteiger partial charge in [0.1, 0.15) is 11.8 Å². The first-order valence-corrected chi connectivity index (χ1v) is 6.37. The molecule has 0 fully saturated rings. The molecule has 1 heterocycles. The summed E-state index contributed by atoms with van der Waals surface area (Å²) in [5.74, 6) is 0. The Bertz CT molecular complexity index is 526. The van der Waals surface area contributed by atoms with Crippen LogP contribution in [0.15, 0.2) is 39.9 Å². The molecule has 0 aromatic heterocycles. The number of nitriles is 1. The molecular weight excluding hydrogens is 240 g/mol. The van der Waals surface area contributed by atoms with Gasteiger partial charge in [-0.2, -0.15) is 5.26 Å². The lowest BCUT2D eigenvalue weighted by atomic mass is 10.1. The molecule has 2 nitrogen and oxygen atoms in total. The quantitative estimate of drug-likeness (QED) is 0.749. The molecule has 2 rings (SSSR count). The zero-order valence-corrected chi connectivity index (χ0v) is 10.3. The standard InChI is InChI=1S/C12H9ClN2S/c1-16-11-4-2-3-9(12(11)13)10-6-5-8(7-14)15-10/h2-5H,6H2,1H3. The van der Waals surface area contributed by atoms with E-state index in [1.807, 2.05) is 36.6 Å². The Balaban J connectivity index is 2.41. The third kappa shape index (κ3) is 1.99. The number of halogens is 1. The number of benzene rings is 1. The molecule has 1 aromatic carbocycles. The van der Waals surface area contributed by atoms with Crippen LogP contribution < -0.4 is 0 Å². The van der Waals surface area contributed by atoms with Gasteiger partial charge < -0.3 is 0 Å². The molecule has 0 saturated heterocycles. The lowest BCUT2D eigenvalue weighted by Crippen LogP contribution is -1.98. The van der Waals surface area contributed by atoms with Gasteiger partial charge in [-0.25, -0.2) is 4.99 Å². The van der Waals surface area contributed by atoms with Crippen molar-refractivity contribution in [1.29, 1.82) is 5.26 Å². The molecule has 4 heteroatoms. The Morgan fingerprint density at radius 2 is 2.31 bits per heavy atom. The number of thioether (sulfide) groups is 1. The molecule has 0 saturated carbocycles. The van der Waals surface area contributed by atoms with Crippen LogP contribution in [0, 0.1) is 11.3 Å². The predicted octanol–water partition coefficient (Wildman–Crippen LogP) is 3.66. The number of nitrogens with zero attached hydrogens (tertiary/aromatic N) is 2. The van der Waals surface area contributed by atoms with Gasteiger partial charge in [0.15, 0.2) is 0 Å². The lowest BCUT2D eigenvalue weighted by Gasteiger charge is -2.07. The Kier molecular flexibility index (Phi) is 3.33. The van der Waals surface area contributed by atoms with E-state index in [0.29, 0.717) is 12.1 Å². The second kappa shape index (κ2) is 4.73. The van der Waals surface area contributed by atoms with Crippen molar-refractivity contribution >= 4 is 29.1 Å². The molecular formula is C12H9ClN2S. The average molecular weight is 249 g/mol. The number of rotatable bonds is 2. The fraction of sp³-hybridized carbons (Fsp3) is 0.167. The number of aliphatic imine (C=N–C) groups is 1. The van der Waals surface area contributed by atoms with Gasteiger partial charge in [-0.05, 0) is 18.4 Å². The summed E-state index contributed by atoms with van der Waals surface area (Å²) in [5.41, 5.74) is 2.27. The van der Waals surface area contributed by atoms with Crippen molar-refractivity contribution in [2.45, 2.75) is 11.3 Å². The van der Waals surface area contributed by atoms with Crippen LogP contribution in [0.25, 0.3) is 0 Å². The summed E-state index contributed by atoms with van der Waals surface area (Å²) in [4.78, 5) is 5.27. The van der Waals surface area contributed by atoms with E-state index in [4.69, 9.17) is 16.9 Å². The molecule has 0 radical (unpaired) electrons. The van der Waals surface area contributed by atoms with Gasteiger partial charge in [0.25, 0.3) is 0 Å². The van der Waals surface area contributed by atoms with Crippen molar-refractivity contribution in [2.75, 3.05) is 6.26 Å². The Hall–Kier alpha value is -1.24. The highest BCUT2D eigenvalue weighted by Gasteiger charge is 2.14. The normalized spacial score (nSPS) is 14.3.